The van der Waals surface area contributed by atoms with Gasteiger partial charge in [-0.25, -0.2) is 0 Å². The molecule has 0 aromatic heterocycles. The summed E-state index contributed by atoms with van der Waals surface area (Å²) in [6.07, 6.45) is 1.17. The lowest BCUT2D eigenvalue weighted by atomic mass is 9.94. The van der Waals surface area contributed by atoms with E-state index in [0.29, 0.717) is 5.92 Å². The average Bonchev–Trinajstić information content (AvgIpc) is 2.90. The summed E-state index contributed by atoms with van der Waals surface area (Å²) in [7, 11) is -1.49. The largest absolute Gasteiger partial charge is 0.113 e. The van der Waals surface area contributed by atoms with Crippen LogP contribution in [0, 0.1) is 0 Å². The lowest BCUT2D eigenvalue weighted by molar-refractivity contribution is 0.867. The van der Waals surface area contributed by atoms with Gasteiger partial charge in [0.15, 0.2) is 0 Å². The molecule has 0 N–H and O–H groups in total. The van der Waals surface area contributed by atoms with Crippen molar-refractivity contribution in [2.75, 3.05) is 0 Å². The fraction of sp³-hybridized carbons (Fsp3) is 0.333. The number of hydrogen-bond acceptors (Lipinski definition) is 0. The van der Waals surface area contributed by atoms with Crippen molar-refractivity contribution in [2.24, 2.45) is 0 Å². The van der Waals surface area contributed by atoms with Crippen molar-refractivity contribution < 1.29 is 0 Å². The predicted octanol–water partition coefficient (Wildman–Crippen LogP) is 5.27. The molecule has 2 bridgehead atoms. The van der Waals surface area contributed by atoms with Gasteiger partial charge in [-0.2, -0.15) is 0 Å². The van der Waals surface area contributed by atoms with E-state index in [1.54, 1.807) is 32.6 Å². The maximum absolute atomic E-state index is 2.52. The van der Waals surface area contributed by atoms with E-state index in [2.05, 4.69) is 70.3 Å². The molecule has 1 aliphatic carbocycles. The molecular formula is C21H24Si. The van der Waals surface area contributed by atoms with Gasteiger partial charge in [0.05, 0.1) is 0 Å². The van der Waals surface area contributed by atoms with Crippen LogP contribution in [-0.4, -0.2) is 8.07 Å². The zero-order valence-electron chi connectivity index (χ0n) is 14.2. The minimum Gasteiger partial charge on any atom is -0.0686 e. The zero-order valence-corrected chi connectivity index (χ0v) is 15.2. The van der Waals surface area contributed by atoms with Gasteiger partial charge in [0.2, 0.25) is 0 Å². The second-order valence-electron chi connectivity index (χ2n) is 7.76. The molecule has 0 amide bonds. The molecule has 0 atom stereocenters. The monoisotopic (exact) mass is 304 g/mol. The van der Waals surface area contributed by atoms with Crippen LogP contribution in [0.15, 0.2) is 42.0 Å². The number of rotatable bonds is 2. The summed E-state index contributed by atoms with van der Waals surface area (Å²) >= 11 is 0. The zero-order chi connectivity index (χ0) is 15.6. The summed E-state index contributed by atoms with van der Waals surface area (Å²) < 4.78 is 0. The SMILES string of the molecule is CC1=C2c3c(ccc(c3-c3ccc(C(C)C)cc3)[Si]2(C)C)C1. The summed E-state index contributed by atoms with van der Waals surface area (Å²) in [6, 6.07) is 14.1. The topological polar surface area (TPSA) is 0 Å². The number of benzene rings is 2. The van der Waals surface area contributed by atoms with Crippen molar-refractivity contribution in [3.63, 3.8) is 0 Å². The van der Waals surface area contributed by atoms with Gasteiger partial charge in [0.25, 0.3) is 0 Å². The number of allylic oxidation sites excluding steroid dienone is 1. The molecule has 4 rings (SSSR count). The van der Waals surface area contributed by atoms with E-state index in [-0.39, 0.29) is 0 Å². The molecule has 112 valence electrons. The normalized spacial score (nSPS) is 17.7. The highest BCUT2D eigenvalue weighted by atomic mass is 28.3. The second kappa shape index (κ2) is 4.45. The van der Waals surface area contributed by atoms with E-state index in [0.717, 1.165) is 0 Å². The highest BCUT2D eigenvalue weighted by molar-refractivity contribution is 7.07. The standard InChI is InChI=1S/C21H24Si/c1-13(2)15-6-8-16(9-7-15)19-18-11-10-17-12-14(3)21(20(17)19)22(18,4)5/h6-11,13H,12H2,1-5H3. The van der Waals surface area contributed by atoms with E-state index in [1.807, 2.05) is 0 Å². The smallest absolute Gasteiger partial charge is 0.0686 e. The first kappa shape index (κ1) is 14.0. The first-order chi connectivity index (χ1) is 10.4. The van der Waals surface area contributed by atoms with Crippen LogP contribution in [-0.2, 0) is 6.42 Å². The maximum Gasteiger partial charge on any atom is 0.113 e. The molecule has 2 aromatic rings. The van der Waals surface area contributed by atoms with Gasteiger partial charge in [0.1, 0.15) is 8.07 Å². The summed E-state index contributed by atoms with van der Waals surface area (Å²) in [5.41, 5.74) is 9.18. The van der Waals surface area contributed by atoms with E-state index in [1.165, 1.54) is 17.5 Å². The molecule has 0 nitrogen and oxygen atoms in total. The van der Waals surface area contributed by atoms with Crippen molar-refractivity contribution in [3.8, 4) is 11.1 Å². The van der Waals surface area contributed by atoms with Crippen LogP contribution in [0.2, 0.25) is 13.1 Å². The van der Waals surface area contributed by atoms with Crippen molar-refractivity contribution in [2.45, 2.75) is 46.2 Å². The van der Waals surface area contributed by atoms with Crippen LogP contribution in [0.4, 0.5) is 0 Å². The van der Waals surface area contributed by atoms with Gasteiger partial charge in [-0.1, -0.05) is 68.9 Å². The van der Waals surface area contributed by atoms with Gasteiger partial charge < -0.3 is 0 Å². The van der Waals surface area contributed by atoms with Crippen molar-refractivity contribution in [1.82, 2.24) is 0 Å². The van der Waals surface area contributed by atoms with Gasteiger partial charge in [0, 0.05) is 0 Å². The molecule has 2 aliphatic rings. The molecule has 1 aliphatic heterocycles. The van der Waals surface area contributed by atoms with Crippen LogP contribution in [0.25, 0.3) is 16.3 Å². The van der Waals surface area contributed by atoms with Gasteiger partial charge in [-0.15, -0.1) is 0 Å². The van der Waals surface area contributed by atoms with E-state index in [4.69, 9.17) is 0 Å². The molecular weight excluding hydrogens is 280 g/mol. The van der Waals surface area contributed by atoms with Crippen LogP contribution < -0.4 is 5.19 Å². The molecule has 22 heavy (non-hydrogen) atoms. The van der Waals surface area contributed by atoms with E-state index in [9.17, 15) is 0 Å². The molecule has 0 spiro atoms. The molecule has 1 heteroatoms. The number of hydrogen-bond donors (Lipinski definition) is 0. The Hall–Kier alpha value is -1.60. The molecule has 2 aromatic carbocycles. The van der Waals surface area contributed by atoms with Gasteiger partial charge in [-0.3, -0.25) is 0 Å². The highest BCUT2D eigenvalue weighted by Crippen LogP contribution is 2.49. The number of fused-ring (bicyclic) bond motifs is 1. The van der Waals surface area contributed by atoms with Crippen LogP contribution in [0.3, 0.4) is 0 Å². The van der Waals surface area contributed by atoms with Crippen molar-refractivity contribution in [1.29, 1.82) is 0 Å². The fourth-order valence-electron chi connectivity index (χ4n) is 4.50. The molecule has 0 radical (unpaired) electrons. The summed E-state index contributed by atoms with van der Waals surface area (Å²) in [6.45, 7) is 11.9. The Bertz CT molecular complexity index is 805. The Kier molecular flexibility index (Phi) is 2.84. The Labute approximate surface area is 134 Å². The van der Waals surface area contributed by atoms with E-state index >= 15 is 0 Å². The Morgan fingerprint density at radius 3 is 2.23 bits per heavy atom. The molecule has 0 saturated carbocycles. The third-order valence-electron chi connectivity index (χ3n) is 5.59. The van der Waals surface area contributed by atoms with Crippen molar-refractivity contribution in [3.05, 3.63) is 58.7 Å². The Balaban J connectivity index is 1.96. The second-order valence-corrected chi connectivity index (χ2v) is 12.0. The maximum atomic E-state index is 2.52. The first-order valence-electron chi connectivity index (χ1n) is 8.38. The van der Waals surface area contributed by atoms with Crippen LogP contribution in [0.1, 0.15) is 43.4 Å². The van der Waals surface area contributed by atoms with E-state index < -0.39 is 8.07 Å². The quantitative estimate of drug-likeness (QED) is 0.663. The molecule has 0 saturated heterocycles. The average molecular weight is 305 g/mol. The predicted molar refractivity (Wildman–Crippen MR) is 99.4 cm³/mol. The molecule has 0 fully saturated rings. The van der Waals surface area contributed by atoms with Crippen LogP contribution >= 0.6 is 0 Å². The third-order valence-corrected chi connectivity index (χ3v) is 9.28. The van der Waals surface area contributed by atoms with Gasteiger partial charge in [-0.05, 0) is 57.5 Å². The lowest BCUT2D eigenvalue weighted by Crippen LogP contribution is -2.39. The Morgan fingerprint density at radius 1 is 0.909 bits per heavy atom. The molecule has 0 unspecified atom stereocenters. The molecule has 1 heterocycles. The van der Waals surface area contributed by atoms with Gasteiger partial charge >= 0.3 is 0 Å². The highest BCUT2D eigenvalue weighted by Gasteiger charge is 2.44. The fourth-order valence-corrected chi connectivity index (χ4v) is 8.23. The summed E-state index contributed by atoms with van der Waals surface area (Å²) in [5, 5.41) is 3.36. The third kappa shape index (κ3) is 1.69. The van der Waals surface area contributed by atoms with Crippen LogP contribution in [0.5, 0.6) is 0 Å². The lowest BCUT2D eigenvalue weighted by Gasteiger charge is -2.20. The van der Waals surface area contributed by atoms with Crippen molar-refractivity contribution >= 4 is 18.5 Å². The Morgan fingerprint density at radius 2 is 1.59 bits per heavy atom. The summed E-state index contributed by atoms with van der Waals surface area (Å²) in [5.74, 6) is 0.601. The minimum absolute atomic E-state index is 0.601. The minimum atomic E-state index is -1.49. The first-order valence-corrected chi connectivity index (χ1v) is 11.4. The summed E-state index contributed by atoms with van der Waals surface area (Å²) in [4.78, 5) is 0.